The van der Waals surface area contributed by atoms with Gasteiger partial charge in [-0.05, 0) is 49.2 Å². The molecule has 2 aromatic rings. The van der Waals surface area contributed by atoms with Crippen LogP contribution in [0.2, 0.25) is 0 Å². The van der Waals surface area contributed by atoms with Crippen LogP contribution >= 0.6 is 0 Å². The first-order chi connectivity index (χ1) is 13.6. The number of rotatable bonds is 5. The van der Waals surface area contributed by atoms with E-state index in [0.717, 1.165) is 12.8 Å². The average Bonchev–Trinajstić information content (AvgIpc) is 3.44. The first kappa shape index (κ1) is 18.0. The minimum absolute atomic E-state index is 0.137. The number of carbonyl (C=O) groups excluding carboxylic acids is 2. The Kier molecular flexibility index (Phi) is 4.94. The second kappa shape index (κ2) is 7.69. The summed E-state index contributed by atoms with van der Waals surface area (Å²) in [5, 5.41) is 11.9. The lowest BCUT2D eigenvalue weighted by Crippen LogP contribution is -2.46. The molecule has 2 atom stereocenters. The molecular weight excluding hydrogens is 356 g/mol. The van der Waals surface area contributed by atoms with E-state index in [1.54, 1.807) is 53.7 Å². The van der Waals surface area contributed by atoms with E-state index in [1.807, 2.05) is 6.07 Å². The van der Waals surface area contributed by atoms with Crippen LogP contribution in [0.4, 0.5) is 0 Å². The van der Waals surface area contributed by atoms with Gasteiger partial charge in [-0.25, -0.2) is 0 Å². The molecule has 1 aromatic heterocycles. The van der Waals surface area contributed by atoms with Crippen LogP contribution in [0, 0.1) is 11.3 Å². The highest BCUT2D eigenvalue weighted by Gasteiger charge is 2.42. The normalized spacial score (nSPS) is 21.0. The number of aromatic nitrogens is 1. The minimum Gasteiger partial charge on any atom is -0.487 e. The van der Waals surface area contributed by atoms with E-state index in [4.69, 9.17) is 10.00 Å². The highest BCUT2D eigenvalue weighted by Crippen LogP contribution is 2.26. The maximum absolute atomic E-state index is 13.1. The van der Waals surface area contributed by atoms with Gasteiger partial charge in [0, 0.05) is 24.2 Å². The number of hydrogen-bond donors (Lipinski definition) is 1. The van der Waals surface area contributed by atoms with Gasteiger partial charge in [0.15, 0.2) is 0 Å². The van der Waals surface area contributed by atoms with Crippen LogP contribution in [0.5, 0.6) is 5.75 Å². The Morgan fingerprint density at radius 3 is 2.64 bits per heavy atom. The molecule has 2 fully saturated rings. The van der Waals surface area contributed by atoms with E-state index >= 15 is 0 Å². The molecule has 1 aliphatic heterocycles. The third-order valence-corrected chi connectivity index (χ3v) is 4.95. The zero-order valence-electron chi connectivity index (χ0n) is 15.2. The highest BCUT2D eigenvalue weighted by molar-refractivity contribution is 5.98. The summed E-state index contributed by atoms with van der Waals surface area (Å²) in [5.41, 5.74) is 0.934. The smallest absolute Gasteiger partial charge is 0.254 e. The summed E-state index contributed by atoms with van der Waals surface area (Å²) >= 11 is 0. The Labute approximate surface area is 162 Å². The fourth-order valence-corrected chi connectivity index (χ4v) is 3.34. The summed E-state index contributed by atoms with van der Waals surface area (Å²) in [5.74, 6) is 0.237. The molecule has 1 saturated carbocycles. The molecule has 1 aliphatic carbocycles. The maximum Gasteiger partial charge on any atom is 0.254 e. The quantitative estimate of drug-likeness (QED) is 0.860. The van der Waals surface area contributed by atoms with Crippen molar-refractivity contribution in [2.75, 3.05) is 6.54 Å². The molecule has 1 N–H and O–H groups in total. The number of nitrogens with one attached hydrogen (secondary N) is 1. The summed E-state index contributed by atoms with van der Waals surface area (Å²) < 4.78 is 5.95. The first-order valence-corrected chi connectivity index (χ1v) is 9.32. The van der Waals surface area contributed by atoms with Gasteiger partial charge in [0.05, 0.1) is 24.4 Å². The van der Waals surface area contributed by atoms with Crippen LogP contribution < -0.4 is 10.1 Å². The van der Waals surface area contributed by atoms with E-state index < -0.39 is 6.04 Å². The average molecular weight is 376 g/mol. The molecule has 2 heterocycles. The van der Waals surface area contributed by atoms with E-state index in [-0.39, 0.29) is 24.0 Å². The Morgan fingerprint density at radius 2 is 2.00 bits per heavy atom. The third-order valence-electron chi connectivity index (χ3n) is 4.95. The predicted molar refractivity (Wildman–Crippen MR) is 100 cm³/mol. The van der Waals surface area contributed by atoms with Crippen LogP contribution in [0.15, 0.2) is 48.8 Å². The monoisotopic (exact) mass is 376 g/mol. The summed E-state index contributed by atoms with van der Waals surface area (Å²) in [6.45, 7) is 0.316. The number of ether oxygens (including phenoxy) is 1. The standard InChI is InChI=1S/C21H20N4O3/c22-11-14-3-5-15(6-4-14)21(27)25-13-18(28-17-2-1-9-23-12-17)10-19(25)20(26)24-16-7-8-16/h1-6,9,12,16,18-19H,7-8,10,13H2,(H,24,26)/t18-,19-/m0/s1. The third kappa shape index (κ3) is 3.96. The fourth-order valence-electron chi connectivity index (χ4n) is 3.34. The molecule has 1 aromatic carbocycles. The lowest BCUT2D eigenvalue weighted by atomic mass is 10.1. The van der Waals surface area contributed by atoms with Crippen molar-refractivity contribution >= 4 is 11.8 Å². The molecule has 4 rings (SSSR count). The van der Waals surface area contributed by atoms with E-state index in [0.29, 0.717) is 29.8 Å². The first-order valence-electron chi connectivity index (χ1n) is 9.32. The molecule has 0 unspecified atom stereocenters. The number of likely N-dealkylation sites (tertiary alicyclic amines) is 1. The molecule has 0 radical (unpaired) electrons. The zero-order valence-corrected chi connectivity index (χ0v) is 15.2. The predicted octanol–water partition coefficient (Wildman–Crippen LogP) is 1.89. The summed E-state index contributed by atoms with van der Waals surface area (Å²) in [7, 11) is 0. The molecular formula is C21H20N4O3. The number of nitrogens with zero attached hydrogens (tertiary/aromatic N) is 3. The Bertz CT molecular complexity index is 903. The van der Waals surface area contributed by atoms with Crippen molar-refractivity contribution in [3.05, 3.63) is 59.9 Å². The van der Waals surface area contributed by atoms with Gasteiger partial charge in [0.1, 0.15) is 17.9 Å². The molecule has 2 aliphatic rings. The van der Waals surface area contributed by atoms with Gasteiger partial charge in [-0.3, -0.25) is 14.6 Å². The van der Waals surface area contributed by atoms with Crippen molar-refractivity contribution < 1.29 is 14.3 Å². The van der Waals surface area contributed by atoms with Gasteiger partial charge in [0.2, 0.25) is 5.91 Å². The fraction of sp³-hybridized carbons (Fsp3) is 0.333. The highest BCUT2D eigenvalue weighted by atomic mass is 16.5. The van der Waals surface area contributed by atoms with Gasteiger partial charge in [0.25, 0.3) is 5.91 Å². The number of nitriles is 1. The lowest BCUT2D eigenvalue weighted by Gasteiger charge is -2.23. The molecule has 7 nitrogen and oxygen atoms in total. The van der Waals surface area contributed by atoms with E-state index in [2.05, 4.69) is 10.3 Å². The molecule has 28 heavy (non-hydrogen) atoms. The van der Waals surface area contributed by atoms with Crippen LogP contribution in [0.1, 0.15) is 35.2 Å². The van der Waals surface area contributed by atoms with Crippen molar-refractivity contribution in [1.29, 1.82) is 5.26 Å². The topological polar surface area (TPSA) is 95.3 Å². The molecule has 0 spiro atoms. The lowest BCUT2D eigenvalue weighted by molar-refractivity contribution is -0.125. The molecule has 1 saturated heterocycles. The largest absolute Gasteiger partial charge is 0.487 e. The Hall–Kier alpha value is -3.40. The van der Waals surface area contributed by atoms with Crippen LogP contribution in [-0.4, -0.2) is 46.4 Å². The van der Waals surface area contributed by atoms with E-state index in [1.165, 1.54) is 0 Å². The zero-order chi connectivity index (χ0) is 19.5. The van der Waals surface area contributed by atoms with Crippen molar-refractivity contribution in [1.82, 2.24) is 15.2 Å². The number of pyridine rings is 1. The van der Waals surface area contributed by atoms with E-state index in [9.17, 15) is 9.59 Å². The minimum atomic E-state index is -0.578. The van der Waals surface area contributed by atoms with Gasteiger partial charge in [-0.1, -0.05) is 0 Å². The van der Waals surface area contributed by atoms with Gasteiger partial charge in [-0.15, -0.1) is 0 Å². The van der Waals surface area contributed by atoms with Gasteiger partial charge >= 0.3 is 0 Å². The molecule has 2 amide bonds. The molecule has 7 heteroatoms. The van der Waals surface area contributed by atoms with Crippen molar-refractivity contribution in [2.45, 2.75) is 37.5 Å². The SMILES string of the molecule is N#Cc1ccc(C(=O)N2C[C@@H](Oc3cccnc3)C[C@H]2C(=O)NC2CC2)cc1. The van der Waals surface area contributed by atoms with Gasteiger partial charge < -0.3 is 15.0 Å². The molecule has 0 bridgehead atoms. The summed E-state index contributed by atoms with van der Waals surface area (Å²) in [6.07, 6.45) is 5.38. The second-order valence-corrected chi connectivity index (χ2v) is 7.11. The van der Waals surface area contributed by atoms with Crippen molar-refractivity contribution in [3.8, 4) is 11.8 Å². The van der Waals surface area contributed by atoms with Crippen LogP contribution in [0.25, 0.3) is 0 Å². The second-order valence-electron chi connectivity index (χ2n) is 7.11. The maximum atomic E-state index is 13.1. The van der Waals surface area contributed by atoms with Crippen molar-refractivity contribution in [2.24, 2.45) is 0 Å². The molecule has 142 valence electrons. The number of hydrogen-bond acceptors (Lipinski definition) is 5. The number of benzene rings is 1. The van der Waals surface area contributed by atoms with Crippen LogP contribution in [-0.2, 0) is 4.79 Å². The summed E-state index contributed by atoms with van der Waals surface area (Å²) in [4.78, 5) is 31.4. The number of amides is 2. The van der Waals surface area contributed by atoms with Gasteiger partial charge in [-0.2, -0.15) is 5.26 Å². The summed E-state index contributed by atoms with van der Waals surface area (Å²) in [6, 6.07) is 11.7. The van der Waals surface area contributed by atoms with Crippen LogP contribution in [0.3, 0.4) is 0 Å². The number of carbonyl (C=O) groups is 2. The van der Waals surface area contributed by atoms with Crippen molar-refractivity contribution in [3.63, 3.8) is 0 Å². The Balaban J connectivity index is 1.53. The Morgan fingerprint density at radius 1 is 1.21 bits per heavy atom.